The van der Waals surface area contributed by atoms with Gasteiger partial charge in [0.1, 0.15) is 17.0 Å². The van der Waals surface area contributed by atoms with Crippen LogP contribution in [0.5, 0.6) is 11.5 Å². The summed E-state index contributed by atoms with van der Waals surface area (Å²) < 4.78 is 5.37. The van der Waals surface area contributed by atoms with E-state index in [1.807, 2.05) is 52.0 Å². The third kappa shape index (κ3) is 5.60. The SMILES string of the molecule is COc1ccc(-c2ccc(CN(C(=O)CC(C)(C)C)c3nccc4cc(O)cnc34)cc2)cc1C. The molecule has 0 spiro atoms. The van der Waals surface area contributed by atoms with E-state index in [0.29, 0.717) is 24.3 Å². The first-order valence-corrected chi connectivity index (χ1v) is 11.6. The number of benzene rings is 2. The van der Waals surface area contributed by atoms with Crippen molar-refractivity contribution in [3.63, 3.8) is 0 Å². The van der Waals surface area contributed by atoms with Crippen LogP contribution in [-0.4, -0.2) is 28.1 Å². The molecule has 180 valence electrons. The molecule has 4 rings (SSSR count). The predicted molar refractivity (Wildman–Crippen MR) is 140 cm³/mol. The molecule has 0 aliphatic carbocycles. The van der Waals surface area contributed by atoms with Crippen molar-refractivity contribution >= 4 is 22.6 Å². The zero-order chi connectivity index (χ0) is 25.2. The second-order valence-corrected chi connectivity index (χ2v) is 10.00. The Hall–Kier alpha value is -3.93. The van der Waals surface area contributed by atoms with Crippen LogP contribution in [0.1, 0.15) is 38.3 Å². The van der Waals surface area contributed by atoms with Gasteiger partial charge in [0.05, 0.1) is 19.9 Å². The van der Waals surface area contributed by atoms with Gasteiger partial charge in [-0.1, -0.05) is 51.1 Å². The molecule has 6 heteroatoms. The lowest BCUT2D eigenvalue weighted by atomic mass is 9.91. The fourth-order valence-electron chi connectivity index (χ4n) is 4.10. The molecule has 2 aromatic heterocycles. The summed E-state index contributed by atoms with van der Waals surface area (Å²) >= 11 is 0. The van der Waals surface area contributed by atoms with E-state index < -0.39 is 0 Å². The van der Waals surface area contributed by atoms with Crippen LogP contribution >= 0.6 is 0 Å². The van der Waals surface area contributed by atoms with Crippen LogP contribution in [0.15, 0.2) is 67.0 Å². The van der Waals surface area contributed by atoms with Gasteiger partial charge in [0.25, 0.3) is 0 Å². The van der Waals surface area contributed by atoms with Crippen LogP contribution in [0, 0.1) is 12.3 Å². The number of hydrogen-bond donors (Lipinski definition) is 1. The number of carbonyl (C=O) groups excluding carboxylic acids is 1. The van der Waals surface area contributed by atoms with Crippen molar-refractivity contribution in [3.05, 3.63) is 78.1 Å². The highest BCUT2D eigenvalue weighted by molar-refractivity contribution is 6.00. The summed E-state index contributed by atoms with van der Waals surface area (Å²) in [5.74, 6) is 1.41. The highest BCUT2D eigenvalue weighted by Gasteiger charge is 2.25. The summed E-state index contributed by atoms with van der Waals surface area (Å²) in [6.45, 7) is 8.52. The summed E-state index contributed by atoms with van der Waals surface area (Å²) in [5, 5.41) is 10.6. The minimum Gasteiger partial charge on any atom is -0.506 e. The Morgan fingerprint density at radius 2 is 1.71 bits per heavy atom. The number of fused-ring (bicyclic) bond motifs is 1. The maximum absolute atomic E-state index is 13.5. The summed E-state index contributed by atoms with van der Waals surface area (Å²) in [4.78, 5) is 24.1. The van der Waals surface area contributed by atoms with Crippen molar-refractivity contribution in [2.75, 3.05) is 12.0 Å². The van der Waals surface area contributed by atoms with Crippen LogP contribution in [0.2, 0.25) is 0 Å². The molecule has 0 saturated carbocycles. The van der Waals surface area contributed by atoms with Crippen molar-refractivity contribution in [2.24, 2.45) is 5.41 Å². The molecule has 6 nitrogen and oxygen atoms in total. The number of amides is 1. The summed E-state index contributed by atoms with van der Waals surface area (Å²) in [7, 11) is 1.67. The molecule has 1 amide bonds. The van der Waals surface area contributed by atoms with Crippen molar-refractivity contribution < 1.29 is 14.6 Å². The quantitative estimate of drug-likeness (QED) is 0.359. The van der Waals surface area contributed by atoms with E-state index in [4.69, 9.17) is 4.74 Å². The number of rotatable bonds is 6. The zero-order valence-electron chi connectivity index (χ0n) is 20.9. The molecule has 0 fully saturated rings. The molecule has 0 unspecified atom stereocenters. The summed E-state index contributed by atoms with van der Waals surface area (Å²) in [6.07, 6.45) is 3.39. The van der Waals surface area contributed by atoms with Crippen LogP contribution in [0.25, 0.3) is 22.0 Å². The Bertz CT molecular complexity index is 1360. The first-order valence-electron chi connectivity index (χ1n) is 11.6. The van der Waals surface area contributed by atoms with Gasteiger partial charge in [-0.3, -0.25) is 9.69 Å². The number of nitrogens with zero attached hydrogens (tertiary/aromatic N) is 3. The molecular weight excluding hydrogens is 438 g/mol. The first kappa shape index (κ1) is 24.2. The van der Waals surface area contributed by atoms with Crippen LogP contribution in [0.3, 0.4) is 0 Å². The number of hydrogen-bond acceptors (Lipinski definition) is 5. The molecule has 0 saturated heterocycles. The van der Waals surface area contributed by atoms with Gasteiger partial charge >= 0.3 is 0 Å². The summed E-state index contributed by atoms with van der Waals surface area (Å²) in [5.41, 5.74) is 4.66. The van der Waals surface area contributed by atoms with E-state index in [0.717, 1.165) is 33.4 Å². The van der Waals surface area contributed by atoms with E-state index in [1.165, 1.54) is 6.20 Å². The minimum atomic E-state index is -0.179. The van der Waals surface area contributed by atoms with Crippen LogP contribution < -0.4 is 9.64 Å². The molecule has 1 N–H and O–H groups in total. The van der Waals surface area contributed by atoms with Crippen molar-refractivity contribution in [3.8, 4) is 22.6 Å². The lowest BCUT2D eigenvalue weighted by Crippen LogP contribution is -2.34. The maximum atomic E-state index is 13.5. The smallest absolute Gasteiger partial charge is 0.229 e. The Labute approximate surface area is 206 Å². The van der Waals surface area contributed by atoms with Gasteiger partial charge in [-0.05, 0) is 58.9 Å². The number of aryl methyl sites for hydroxylation is 1. The second kappa shape index (κ2) is 9.74. The van der Waals surface area contributed by atoms with E-state index in [2.05, 4.69) is 28.2 Å². The lowest BCUT2D eigenvalue weighted by molar-refractivity contribution is -0.120. The topological polar surface area (TPSA) is 75.5 Å². The van der Waals surface area contributed by atoms with Crippen molar-refractivity contribution in [1.82, 2.24) is 9.97 Å². The van der Waals surface area contributed by atoms with Gasteiger partial charge in [0.2, 0.25) is 5.91 Å². The highest BCUT2D eigenvalue weighted by atomic mass is 16.5. The molecule has 35 heavy (non-hydrogen) atoms. The fraction of sp³-hybridized carbons (Fsp3) is 0.276. The van der Waals surface area contributed by atoms with E-state index in [1.54, 1.807) is 30.3 Å². The minimum absolute atomic E-state index is 0.0257. The average Bonchev–Trinajstić information content (AvgIpc) is 2.81. The van der Waals surface area contributed by atoms with Gasteiger partial charge in [0, 0.05) is 18.0 Å². The molecule has 0 aliphatic rings. The van der Waals surface area contributed by atoms with E-state index in [9.17, 15) is 9.90 Å². The highest BCUT2D eigenvalue weighted by Crippen LogP contribution is 2.30. The first-order chi connectivity index (χ1) is 16.6. The Morgan fingerprint density at radius 1 is 1.00 bits per heavy atom. The molecule has 0 bridgehead atoms. The third-order valence-electron chi connectivity index (χ3n) is 5.83. The Balaban J connectivity index is 1.68. The number of carbonyl (C=O) groups is 1. The number of anilines is 1. The number of ether oxygens (including phenoxy) is 1. The Kier molecular flexibility index (Phi) is 6.74. The second-order valence-electron chi connectivity index (χ2n) is 10.00. The zero-order valence-corrected chi connectivity index (χ0v) is 20.9. The molecule has 2 heterocycles. The van der Waals surface area contributed by atoms with E-state index in [-0.39, 0.29) is 17.1 Å². The van der Waals surface area contributed by atoms with Crippen molar-refractivity contribution in [1.29, 1.82) is 0 Å². The third-order valence-corrected chi connectivity index (χ3v) is 5.83. The number of pyridine rings is 2. The molecule has 0 atom stereocenters. The molecular formula is C29H31N3O3. The maximum Gasteiger partial charge on any atom is 0.229 e. The standard InChI is InChI=1S/C29H31N3O3/c1-19-14-22(10-11-25(19)35-5)21-8-6-20(7-9-21)18-32(26(34)16-29(2,3)4)28-27-23(12-13-30-28)15-24(33)17-31-27/h6-15,17,33H,16,18H2,1-5H3. The molecule has 4 aromatic rings. The number of aromatic nitrogens is 2. The molecule has 2 aromatic carbocycles. The molecule has 0 aliphatic heterocycles. The predicted octanol–water partition coefficient (Wildman–Crippen LogP) is 6.29. The van der Waals surface area contributed by atoms with Crippen LogP contribution in [0.4, 0.5) is 5.82 Å². The summed E-state index contributed by atoms with van der Waals surface area (Å²) in [6, 6.07) is 17.7. The van der Waals surface area contributed by atoms with Crippen molar-refractivity contribution in [2.45, 2.75) is 40.7 Å². The largest absolute Gasteiger partial charge is 0.506 e. The van der Waals surface area contributed by atoms with E-state index >= 15 is 0 Å². The van der Waals surface area contributed by atoms with Gasteiger partial charge in [-0.15, -0.1) is 0 Å². The van der Waals surface area contributed by atoms with Gasteiger partial charge in [0.15, 0.2) is 5.82 Å². The fourth-order valence-corrected chi connectivity index (χ4v) is 4.10. The average molecular weight is 470 g/mol. The molecule has 0 radical (unpaired) electrons. The Morgan fingerprint density at radius 3 is 2.37 bits per heavy atom. The monoisotopic (exact) mass is 469 g/mol. The normalized spacial score (nSPS) is 11.5. The van der Waals surface area contributed by atoms with Gasteiger partial charge in [-0.2, -0.15) is 0 Å². The lowest BCUT2D eigenvalue weighted by Gasteiger charge is -2.27. The van der Waals surface area contributed by atoms with Gasteiger partial charge < -0.3 is 9.84 Å². The number of aromatic hydroxyl groups is 1. The van der Waals surface area contributed by atoms with Gasteiger partial charge in [-0.25, -0.2) is 9.97 Å². The van der Waals surface area contributed by atoms with Crippen LogP contribution in [-0.2, 0) is 11.3 Å². The number of methoxy groups -OCH3 is 1.